The molecular weight excluding hydrogens is 623 g/mol. The Morgan fingerprint density at radius 2 is 1.95 bits per heavy atom. The number of allylic oxidation sites excluding steroid dienone is 3. The Bertz CT molecular complexity index is 1680. The highest BCUT2D eigenvalue weighted by Crippen LogP contribution is 2.51. The third-order valence-electron chi connectivity index (χ3n) is 6.68. The van der Waals surface area contributed by atoms with Crippen LogP contribution in [0, 0.1) is 16.7 Å². The number of hydrogen-bond acceptors (Lipinski definition) is 9. The lowest BCUT2D eigenvalue weighted by molar-refractivity contribution is -0.118. The van der Waals surface area contributed by atoms with Crippen LogP contribution in [-0.4, -0.2) is 27.6 Å². The number of benzene rings is 2. The van der Waals surface area contributed by atoms with Crippen molar-refractivity contribution >= 4 is 80.4 Å². The van der Waals surface area contributed by atoms with Crippen LogP contribution in [0.5, 0.6) is 0 Å². The molecule has 2 aromatic carbocycles. The second kappa shape index (κ2) is 11.7. The molecule has 5 rings (SSSR count). The molecule has 2 heterocycles. The molecule has 0 fully saturated rings. The van der Waals surface area contributed by atoms with Crippen LogP contribution in [0.2, 0.25) is 15.1 Å². The number of nitrogens with two attached hydrogens (primary N) is 1. The Hall–Kier alpha value is -3.07. The zero-order valence-electron chi connectivity index (χ0n) is 21.9. The van der Waals surface area contributed by atoms with Gasteiger partial charge in [-0.1, -0.05) is 83.9 Å². The van der Waals surface area contributed by atoms with Gasteiger partial charge in [-0.15, -0.1) is 10.2 Å². The van der Waals surface area contributed by atoms with Crippen molar-refractivity contribution in [2.75, 3.05) is 16.0 Å². The fourth-order valence-electron chi connectivity index (χ4n) is 5.02. The molecule has 0 radical (unpaired) electrons. The minimum atomic E-state index is -0.739. The Morgan fingerprint density at radius 3 is 2.66 bits per heavy atom. The van der Waals surface area contributed by atoms with Crippen molar-refractivity contribution in [3.8, 4) is 6.07 Å². The maximum absolute atomic E-state index is 13.7. The summed E-state index contributed by atoms with van der Waals surface area (Å²) in [6.07, 6.45) is 0.818. The van der Waals surface area contributed by atoms with Gasteiger partial charge in [0.25, 0.3) is 0 Å². The summed E-state index contributed by atoms with van der Waals surface area (Å²) in [7, 11) is 0. The van der Waals surface area contributed by atoms with Gasteiger partial charge in [-0.3, -0.25) is 14.5 Å². The van der Waals surface area contributed by atoms with Crippen molar-refractivity contribution in [3.63, 3.8) is 0 Å². The van der Waals surface area contributed by atoms with Crippen LogP contribution >= 0.6 is 57.9 Å². The van der Waals surface area contributed by atoms with E-state index in [-0.39, 0.29) is 34.3 Å². The van der Waals surface area contributed by atoms with Crippen molar-refractivity contribution in [1.82, 2.24) is 10.2 Å². The van der Waals surface area contributed by atoms with E-state index >= 15 is 0 Å². The first kappa shape index (κ1) is 29.4. The number of Topliss-reactive ketones (excluding diaryl/α,β-unsaturated/α-hetero) is 1. The largest absolute Gasteiger partial charge is 0.384 e. The molecule has 13 heteroatoms. The number of ketones is 1. The molecule has 0 saturated heterocycles. The number of aromatic nitrogens is 2. The number of carbonyl (C=O) groups is 2. The van der Waals surface area contributed by atoms with E-state index in [1.807, 2.05) is 13.8 Å². The van der Waals surface area contributed by atoms with E-state index in [4.69, 9.17) is 40.5 Å². The summed E-state index contributed by atoms with van der Waals surface area (Å²) >= 11 is 21.1. The Kier molecular flexibility index (Phi) is 8.37. The predicted molar refractivity (Wildman–Crippen MR) is 164 cm³/mol. The van der Waals surface area contributed by atoms with Crippen molar-refractivity contribution in [2.45, 2.75) is 36.9 Å². The summed E-state index contributed by atoms with van der Waals surface area (Å²) in [5.74, 6) is -0.817. The van der Waals surface area contributed by atoms with Gasteiger partial charge in [0.2, 0.25) is 11.0 Å². The number of nitriles is 1. The van der Waals surface area contributed by atoms with Crippen LogP contribution in [-0.2, 0) is 9.59 Å². The number of thioether (sulfide) groups is 1. The first-order chi connectivity index (χ1) is 19.5. The molecule has 41 heavy (non-hydrogen) atoms. The molecule has 1 aromatic heterocycles. The number of halogens is 3. The average Bonchev–Trinajstić information content (AvgIpc) is 3.35. The van der Waals surface area contributed by atoms with Crippen molar-refractivity contribution in [1.29, 1.82) is 5.26 Å². The number of carbonyl (C=O) groups excluding carboxylic acids is 2. The molecule has 210 valence electrons. The number of nitrogens with one attached hydrogen (secondary N) is 1. The van der Waals surface area contributed by atoms with Crippen LogP contribution in [0.15, 0.2) is 69.5 Å². The lowest BCUT2D eigenvalue weighted by atomic mass is 9.68. The third kappa shape index (κ3) is 6.10. The quantitative estimate of drug-likeness (QED) is 0.270. The van der Waals surface area contributed by atoms with Gasteiger partial charge in [0, 0.05) is 38.4 Å². The van der Waals surface area contributed by atoms with Crippen LogP contribution < -0.4 is 16.0 Å². The molecule has 1 atom stereocenters. The zero-order valence-corrected chi connectivity index (χ0v) is 25.8. The van der Waals surface area contributed by atoms with Crippen molar-refractivity contribution < 1.29 is 9.59 Å². The molecule has 1 unspecified atom stereocenters. The molecule has 3 N–H and O–H groups in total. The molecule has 1 aliphatic carbocycles. The number of anilines is 2. The maximum atomic E-state index is 13.7. The topological polar surface area (TPSA) is 125 Å². The fourth-order valence-corrected chi connectivity index (χ4v) is 7.40. The molecule has 3 aromatic rings. The number of hydrogen-bond donors (Lipinski definition) is 2. The van der Waals surface area contributed by atoms with Crippen molar-refractivity contribution in [2.24, 2.45) is 11.1 Å². The first-order valence-corrected chi connectivity index (χ1v) is 15.3. The Labute approximate surface area is 260 Å². The minimum Gasteiger partial charge on any atom is -0.384 e. The lowest BCUT2D eigenvalue weighted by Crippen LogP contribution is -2.42. The molecule has 1 aliphatic heterocycles. The number of rotatable bonds is 6. The monoisotopic (exact) mass is 644 g/mol. The van der Waals surface area contributed by atoms with Gasteiger partial charge in [0.15, 0.2) is 10.1 Å². The van der Waals surface area contributed by atoms with E-state index in [0.717, 1.165) is 0 Å². The average molecular weight is 646 g/mol. The Morgan fingerprint density at radius 1 is 1.20 bits per heavy atom. The zero-order chi connectivity index (χ0) is 29.5. The molecule has 8 nitrogen and oxygen atoms in total. The van der Waals surface area contributed by atoms with Crippen LogP contribution in [0.1, 0.15) is 38.2 Å². The molecule has 0 saturated carbocycles. The highest BCUT2D eigenvalue weighted by atomic mass is 35.5. The van der Waals surface area contributed by atoms with Gasteiger partial charge in [-0.05, 0) is 47.7 Å². The third-order valence-corrected chi connectivity index (χ3v) is 9.52. The molecule has 0 bridgehead atoms. The summed E-state index contributed by atoms with van der Waals surface area (Å²) in [5, 5.41) is 23.3. The van der Waals surface area contributed by atoms with Crippen LogP contribution in [0.25, 0.3) is 0 Å². The first-order valence-electron chi connectivity index (χ1n) is 12.4. The fraction of sp³-hybridized carbons (Fsp3) is 0.250. The van der Waals surface area contributed by atoms with Gasteiger partial charge in [0.1, 0.15) is 5.82 Å². The predicted octanol–water partition coefficient (Wildman–Crippen LogP) is 7.17. The van der Waals surface area contributed by atoms with Gasteiger partial charge in [-0.2, -0.15) is 5.26 Å². The van der Waals surface area contributed by atoms with Gasteiger partial charge < -0.3 is 11.1 Å². The van der Waals surface area contributed by atoms with E-state index in [9.17, 15) is 14.9 Å². The lowest BCUT2D eigenvalue weighted by Gasteiger charge is -2.42. The Balaban J connectivity index is 1.48. The SMILES string of the molecule is CC1(C)CC(=O)C2=C(C1)N(c1nnc(SCC(=O)Nc3cccc(Cl)c3)s1)C(N)=C(C#N)C2c1ccc(Cl)cc1Cl. The van der Waals surface area contributed by atoms with E-state index in [1.165, 1.54) is 23.1 Å². The highest BCUT2D eigenvalue weighted by Gasteiger charge is 2.46. The number of nitrogens with zero attached hydrogens (tertiary/aromatic N) is 4. The summed E-state index contributed by atoms with van der Waals surface area (Å²) in [6, 6.07) is 14.1. The van der Waals surface area contributed by atoms with Gasteiger partial charge >= 0.3 is 0 Å². The van der Waals surface area contributed by atoms with E-state index in [1.54, 1.807) is 47.4 Å². The molecule has 1 amide bonds. The van der Waals surface area contributed by atoms with E-state index in [0.29, 0.717) is 59.9 Å². The summed E-state index contributed by atoms with van der Waals surface area (Å²) in [6.45, 7) is 4.02. The van der Waals surface area contributed by atoms with Crippen LogP contribution in [0.3, 0.4) is 0 Å². The second-order valence-corrected chi connectivity index (χ2v) is 13.8. The van der Waals surface area contributed by atoms with Crippen molar-refractivity contribution in [3.05, 3.63) is 85.8 Å². The smallest absolute Gasteiger partial charge is 0.234 e. The molecule has 0 spiro atoms. The van der Waals surface area contributed by atoms with Gasteiger partial charge in [0.05, 0.1) is 23.3 Å². The van der Waals surface area contributed by atoms with Gasteiger partial charge in [-0.25, -0.2) is 0 Å². The normalized spacial score (nSPS) is 18.3. The molecular formula is C28H23Cl3N6O2S2. The van der Waals surface area contributed by atoms with E-state index in [2.05, 4.69) is 21.6 Å². The minimum absolute atomic E-state index is 0.0886. The summed E-state index contributed by atoms with van der Waals surface area (Å²) in [5.41, 5.74) is 8.79. The molecule has 2 aliphatic rings. The summed E-state index contributed by atoms with van der Waals surface area (Å²) < 4.78 is 0.527. The standard InChI is InChI=1S/C28H23Cl3N6O2S2/c1-28(2)10-20-24(21(38)11-28)23(17-7-6-15(30)9-19(17)31)18(12-32)25(33)37(20)26-35-36-27(41-26)40-13-22(39)34-16-5-3-4-14(29)8-16/h3-9,23H,10-11,13,33H2,1-2H3,(H,34,39). The van der Waals surface area contributed by atoms with E-state index < -0.39 is 5.92 Å². The second-order valence-electron chi connectivity index (χ2n) is 10.3. The highest BCUT2D eigenvalue weighted by molar-refractivity contribution is 8.01. The number of amides is 1. The summed E-state index contributed by atoms with van der Waals surface area (Å²) in [4.78, 5) is 27.8. The maximum Gasteiger partial charge on any atom is 0.234 e. The van der Waals surface area contributed by atoms with Crippen LogP contribution in [0.4, 0.5) is 10.8 Å².